The van der Waals surface area contributed by atoms with Crippen molar-refractivity contribution in [3.8, 4) is 5.75 Å². The van der Waals surface area contributed by atoms with E-state index in [1.807, 2.05) is 0 Å². The summed E-state index contributed by atoms with van der Waals surface area (Å²) >= 11 is 0. The molecule has 3 rings (SSSR count). The van der Waals surface area contributed by atoms with Gasteiger partial charge in [-0.25, -0.2) is 22.2 Å². The van der Waals surface area contributed by atoms with Gasteiger partial charge in [0, 0.05) is 17.7 Å². The van der Waals surface area contributed by atoms with E-state index in [4.69, 9.17) is 4.74 Å². The van der Waals surface area contributed by atoms with E-state index in [0.29, 0.717) is 11.5 Å². The molecule has 8 heteroatoms. The normalized spacial score (nSPS) is 11.5. The topological polar surface area (TPSA) is 73.3 Å². The molecule has 2 aromatic carbocycles. The van der Waals surface area contributed by atoms with Crippen molar-refractivity contribution in [3.05, 3.63) is 65.2 Å². The fourth-order valence-corrected chi connectivity index (χ4v) is 3.16. The molecule has 134 valence electrons. The van der Waals surface area contributed by atoms with E-state index >= 15 is 0 Å². The van der Waals surface area contributed by atoms with Crippen molar-refractivity contribution in [2.45, 2.75) is 5.03 Å². The van der Waals surface area contributed by atoms with Gasteiger partial charge >= 0.3 is 0 Å². The lowest BCUT2D eigenvalue weighted by Crippen LogP contribution is -2.09. The number of hydrogen-bond donors (Lipinski definition) is 0. The van der Waals surface area contributed by atoms with Crippen LogP contribution in [0.2, 0.25) is 0 Å². The molecule has 0 N–H and O–H groups in total. The standard InChI is InChI=1S/C18H13F2NO4S/c1-25-15-7-6-14-12(5-8-16(21-14)26(2,23)24)17(15)18(22)11-4-3-10(19)9-13(11)20/h3-9H,1-2H3. The summed E-state index contributed by atoms with van der Waals surface area (Å²) < 4.78 is 55.7. The highest BCUT2D eigenvalue weighted by molar-refractivity contribution is 7.90. The number of sulfone groups is 1. The molecule has 1 aromatic heterocycles. The van der Waals surface area contributed by atoms with Crippen LogP contribution in [0.3, 0.4) is 0 Å². The minimum atomic E-state index is -3.54. The van der Waals surface area contributed by atoms with Crippen LogP contribution in [0, 0.1) is 11.6 Å². The maximum absolute atomic E-state index is 14.0. The summed E-state index contributed by atoms with van der Waals surface area (Å²) in [6.07, 6.45) is 1.02. The summed E-state index contributed by atoms with van der Waals surface area (Å²) in [5.41, 5.74) is -0.0768. The second-order valence-electron chi connectivity index (χ2n) is 5.58. The molecule has 5 nitrogen and oxygen atoms in total. The highest BCUT2D eigenvalue weighted by atomic mass is 32.2. The predicted molar refractivity (Wildman–Crippen MR) is 91.2 cm³/mol. The molecule has 0 atom stereocenters. The van der Waals surface area contributed by atoms with Gasteiger partial charge in [-0.15, -0.1) is 0 Å². The molecule has 0 aliphatic carbocycles. The van der Waals surface area contributed by atoms with E-state index < -0.39 is 27.3 Å². The van der Waals surface area contributed by atoms with Crippen molar-refractivity contribution in [1.29, 1.82) is 0 Å². The first kappa shape index (κ1) is 17.9. The molecule has 1 heterocycles. The van der Waals surface area contributed by atoms with Crippen LogP contribution >= 0.6 is 0 Å². The first-order chi connectivity index (χ1) is 12.2. The zero-order valence-corrected chi connectivity index (χ0v) is 14.6. The minimum absolute atomic E-state index is 0.0167. The van der Waals surface area contributed by atoms with Crippen molar-refractivity contribution in [3.63, 3.8) is 0 Å². The molecule has 0 unspecified atom stereocenters. The third-order valence-electron chi connectivity index (χ3n) is 3.81. The number of halogens is 2. The van der Waals surface area contributed by atoms with E-state index in [2.05, 4.69) is 4.98 Å². The van der Waals surface area contributed by atoms with E-state index in [1.165, 1.54) is 31.4 Å². The maximum Gasteiger partial charge on any atom is 0.200 e. The average molecular weight is 377 g/mol. The highest BCUT2D eigenvalue weighted by Crippen LogP contribution is 2.31. The zero-order valence-electron chi connectivity index (χ0n) is 13.8. The Morgan fingerprint density at radius 2 is 1.81 bits per heavy atom. The van der Waals surface area contributed by atoms with Crippen LogP contribution in [0.1, 0.15) is 15.9 Å². The van der Waals surface area contributed by atoms with Gasteiger partial charge in [-0.05, 0) is 36.4 Å². The summed E-state index contributed by atoms with van der Waals surface area (Å²) in [7, 11) is -2.19. The summed E-state index contributed by atoms with van der Waals surface area (Å²) in [5, 5.41) is 0.145. The number of ether oxygens (including phenoxy) is 1. The molecule has 0 aliphatic heterocycles. The van der Waals surface area contributed by atoms with Gasteiger partial charge in [-0.2, -0.15) is 0 Å². The summed E-state index contributed by atoms with van der Waals surface area (Å²) in [5.74, 6) is -2.36. The third-order valence-corrected chi connectivity index (χ3v) is 4.80. The van der Waals surface area contributed by atoms with Gasteiger partial charge in [0.15, 0.2) is 20.6 Å². The number of pyridine rings is 1. The smallest absolute Gasteiger partial charge is 0.200 e. The molecule has 0 fully saturated rings. The predicted octanol–water partition coefficient (Wildman–Crippen LogP) is 3.16. The number of carbonyl (C=O) groups excluding carboxylic acids is 1. The van der Waals surface area contributed by atoms with Crippen molar-refractivity contribution < 1.29 is 26.7 Å². The number of aromatic nitrogens is 1. The number of ketones is 1. The second-order valence-corrected chi connectivity index (χ2v) is 7.55. The Bertz CT molecular complexity index is 1140. The number of fused-ring (bicyclic) bond motifs is 1. The van der Waals surface area contributed by atoms with Gasteiger partial charge < -0.3 is 4.74 Å². The third kappa shape index (κ3) is 3.15. The van der Waals surface area contributed by atoms with Gasteiger partial charge in [0.25, 0.3) is 0 Å². The number of carbonyl (C=O) groups is 1. The lowest BCUT2D eigenvalue weighted by atomic mass is 9.97. The van der Waals surface area contributed by atoms with Crippen LogP contribution in [-0.4, -0.2) is 32.6 Å². The molecule has 0 radical (unpaired) electrons. The Balaban J connectivity index is 2.27. The molecule has 0 bridgehead atoms. The maximum atomic E-state index is 14.0. The summed E-state index contributed by atoms with van der Waals surface area (Å²) in [6, 6.07) is 8.25. The number of methoxy groups -OCH3 is 1. The van der Waals surface area contributed by atoms with Crippen LogP contribution in [0.25, 0.3) is 10.9 Å². The number of nitrogens with zero attached hydrogens (tertiary/aromatic N) is 1. The molecule has 26 heavy (non-hydrogen) atoms. The first-order valence-electron chi connectivity index (χ1n) is 7.40. The Hall–Kier alpha value is -2.87. The van der Waals surface area contributed by atoms with E-state index in [-0.39, 0.29) is 27.4 Å². The molecular formula is C18H13F2NO4S. The monoisotopic (exact) mass is 377 g/mol. The van der Waals surface area contributed by atoms with Gasteiger partial charge in [0.1, 0.15) is 17.4 Å². The van der Waals surface area contributed by atoms with Gasteiger partial charge in [0.05, 0.1) is 23.8 Å². The Morgan fingerprint density at radius 1 is 1.08 bits per heavy atom. The van der Waals surface area contributed by atoms with Crippen molar-refractivity contribution in [2.24, 2.45) is 0 Å². The van der Waals surface area contributed by atoms with Crippen molar-refractivity contribution >= 4 is 26.5 Å². The molecule has 3 aromatic rings. The molecule has 0 aliphatic rings. The largest absolute Gasteiger partial charge is 0.496 e. The Morgan fingerprint density at radius 3 is 2.42 bits per heavy atom. The minimum Gasteiger partial charge on any atom is -0.496 e. The lowest BCUT2D eigenvalue weighted by Gasteiger charge is -2.12. The van der Waals surface area contributed by atoms with Crippen LogP contribution in [0.4, 0.5) is 8.78 Å². The second kappa shape index (κ2) is 6.45. The number of hydrogen-bond acceptors (Lipinski definition) is 5. The first-order valence-corrected chi connectivity index (χ1v) is 9.29. The highest BCUT2D eigenvalue weighted by Gasteiger charge is 2.22. The fourth-order valence-electron chi connectivity index (χ4n) is 2.58. The molecule has 0 spiro atoms. The Kier molecular flexibility index (Phi) is 4.45. The van der Waals surface area contributed by atoms with Crippen LogP contribution < -0.4 is 4.74 Å². The fraction of sp³-hybridized carbons (Fsp3) is 0.111. The van der Waals surface area contributed by atoms with Gasteiger partial charge in [-0.1, -0.05) is 0 Å². The Labute approximate surface area is 148 Å². The zero-order chi connectivity index (χ0) is 19.1. The van der Waals surface area contributed by atoms with E-state index in [0.717, 1.165) is 18.4 Å². The van der Waals surface area contributed by atoms with Crippen LogP contribution in [0.5, 0.6) is 5.75 Å². The summed E-state index contributed by atoms with van der Waals surface area (Å²) in [6.45, 7) is 0. The molecule has 0 saturated heterocycles. The molecule has 0 saturated carbocycles. The van der Waals surface area contributed by atoms with Crippen molar-refractivity contribution in [2.75, 3.05) is 13.4 Å². The summed E-state index contributed by atoms with van der Waals surface area (Å²) in [4.78, 5) is 16.9. The SMILES string of the molecule is COc1ccc2nc(S(C)(=O)=O)ccc2c1C(=O)c1ccc(F)cc1F. The van der Waals surface area contributed by atoms with Crippen molar-refractivity contribution in [1.82, 2.24) is 4.98 Å². The van der Waals surface area contributed by atoms with Crippen LogP contribution in [-0.2, 0) is 9.84 Å². The molecule has 0 amide bonds. The van der Waals surface area contributed by atoms with E-state index in [1.54, 1.807) is 0 Å². The van der Waals surface area contributed by atoms with E-state index in [9.17, 15) is 22.0 Å². The van der Waals surface area contributed by atoms with Crippen LogP contribution in [0.15, 0.2) is 47.5 Å². The average Bonchev–Trinajstić information content (AvgIpc) is 2.58. The van der Waals surface area contributed by atoms with Gasteiger partial charge in [0.2, 0.25) is 0 Å². The number of benzene rings is 2. The van der Waals surface area contributed by atoms with Gasteiger partial charge in [-0.3, -0.25) is 4.79 Å². The lowest BCUT2D eigenvalue weighted by molar-refractivity contribution is 0.103. The molecular weight excluding hydrogens is 364 g/mol. The number of rotatable bonds is 4. The quantitative estimate of drug-likeness (QED) is 0.653.